The van der Waals surface area contributed by atoms with Crippen molar-refractivity contribution in [3.05, 3.63) is 58.6 Å². The average molecular weight is 459 g/mol. The summed E-state index contributed by atoms with van der Waals surface area (Å²) in [5, 5.41) is 15.1. The number of halogens is 2. The van der Waals surface area contributed by atoms with Gasteiger partial charge in [-0.2, -0.15) is 5.10 Å². The minimum Gasteiger partial charge on any atom is -0.393 e. The Hall–Kier alpha value is -2.91. The van der Waals surface area contributed by atoms with E-state index in [-0.39, 0.29) is 11.9 Å². The topological polar surface area (TPSA) is 100.0 Å². The molecule has 32 heavy (non-hydrogen) atoms. The number of nitrogens with zero attached hydrogens (tertiary/aromatic N) is 5. The summed E-state index contributed by atoms with van der Waals surface area (Å²) >= 11 is 6.39. The van der Waals surface area contributed by atoms with Crippen LogP contribution in [0.5, 0.6) is 0 Å². The van der Waals surface area contributed by atoms with Gasteiger partial charge in [-0.1, -0.05) is 11.6 Å². The summed E-state index contributed by atoms with van der Waals surface area (Å²) in [6, 6.07) is 5.29. The first-order chi connectivity index (χ1) is 15.4. The smallest absolute Gasteiger partial charge is 0.315 e. The zero-order valence-electron chi connectivity index (χ0n) is 17.4. The van der Waals surface area contributed by atoms with Crippen molar-refractivity contribution < 1.29 is 14.3 Å². The number of aromatic nitrogens is 3. The predicted molar refractivity (Wildman–Crippen MR) is 118 cm³/mol. The number of anilines is 1. The molecule has 10 heteroatoms. The van der Waals surface area contributed by atoms with Crippen molar-refractivity contribution in [2.45, 2.75) is 43.9 Å². The number of rotatable bonds is 3. The molecule has 0 aliphatic carbocycles. The third-order valence-corrected chi connectivity index (χ3v) is 6.81. The molecule has 2 amide bonds. The van der Waals surface area contributed by atoms with Gasteiger partial charge in [0.1, 0.15) is 11.6 Å². The molecule has 2 aliphatic heterocycles. The van der Waals surface area contributed by atoms with Crippen LogP contribution in [0, 0.1) is 5.82 Å². The largest absolute Gasteiger partial charge is 0.393 e. The molecule has 0 bridgehead atoms. The van der Waals surface area contributed by atoms with Crippen LogP contribution in [0.2, 0.25) is 5.02 Å². The Balaban J connectivity index is 1.53. The van der Waals surface area contributed by atoms with E-state index < -0.39 is 18.2 Å². The van der Waals surface area contributed by atoms with Gasteiger partial charge < -0.3 is 20.6 Å². The maximum absolute atomic E-state index is 13.9. The van der Waals surface area contributed by atoms with E-state index in [0.717, 1.165) is 36.3 Å². The summed E-state index contributed by atoms with van der Waals surface area (Å²) in [7, 11) is 0. The Bertz CT molecular complexity index is 1170. The second-order valence-electron chi connectivity index (χ2n) is 8.40. The maximum Gasteiger partial charge on any atom is 0.315 e. The number of aliphatic hydroxyl groups excluding tert-OH is 1. The lowest BCUT2D eigenvalue weighted by atomic mass is 9.95. The van der Waals surface area contributed by atoms with Gasteiger partial charge in [0.05, 0.1) is 24.4 Å². The van der Waals surface area contributed by atoms with Crippen LogP contribution in [0.1, 0.15) is 48.9 Å². The number of piperidine rings is 1. The fourth-order valence-corrected chi connectivity index (χ4v) is 5.16. The van der Waals surface area contributed by atoms with Crippen molar-refractivity contribution in [3.8, 4) is 0 Å². The van der Waals surface area contributed by atoms with Gasteiger partial charge in [0.15, 0.2) is 5.65 Å². The first-order valence-electron chi connectivity index (χ1n) is 10.7. The van der Waals surface area contributed by atoms with Gasteiger partial charge in [-0.05, 0) is 55.5 Å². The van der Waals surface area contributed by atoms with E-state index in [2.05, 4.69) is 10.00 Å². The molecule has 168 valence electrons. The van der Waals surface area contributed by atoms with Crippen LogP contribution in [0.25, 0.3) is 5.65 Å². The molecule has 2 saturated heterocycles. The first-order valence-corrected chi connectivity index (χ1v) is 11.1. The van der Waals surface area contributed by atoms with E-state index in [4.69, 9.17) is 22.3 Å². The number of carbonyl (C=O) groups excluding carboxylic acids is 1. The number of nitrogens with two attached hydrogens (primary N) is 1. The average Bonchev–Trinajstić information content (AvgIpc) is 3.41. The van der Waals surface area contributed by atoms with Crippen molar-refractivity contribution in [1.82, 2.24) is 19.5 Å². The Morgan fingerprint density at radius 1 is 1.19 bits per heavy atom. The molecule has 4 heterocycles. The second-order valence-corrected chi connectivity index (χ2v) is 8.80. The molecule has 3 atom stereocenters. The molecule has 8 nitrogen and oxygen atoms in total. The summed E-state index contributed by atoms with van der Waals surface area (Å²) in [5.74, 6) is 0.407. The van der Waals surface area contributed by atoms with Gasteiger partial charge in [-0.25, -0.2) is 18.7 Å². The normalized spacial score (nSPS) is 23.8. The highest BCUT2D eigenvalue weighted by atomic mass is 35.5. The summed E-state index contributed by atoms with van der Waals surface area (Å²) < 4.78 is 15.6. The minimum absolute atomic E-state index is 0.0851. The molecule has 2 aromatic heterocycles. The molecular weight excluding hydrogens is 435 g/mol. The van der Waals surface area contributed by atoms with Crippen molar-refractivity contribution in [2.24, 2.45) is 5.73 Å². The zero-order chi connectivity index (χ0) is 22.4. The lowest BCUT2D eigenvalue weighted by Gasteiger charge is -2.36. The molecular formula is C22H24ClFN6O2. The molecule has 1 aromatic carbocycles. The summed E-state index contributed by atoms with van der Waals surface area (Å²) in [6.07, 6.45) is 5.61. The Morgan fingerprint density at radius 3 is 2.84 bits per heavy atom. The van der Waals surface area contributed by atoms with Crippen molar-refractivity contribution >= 4 is 29.1 Å². The number of amides is 2. The third-order valence-electron chi connectivity index (χ3n) is 6.46. The van der Waals surface area contributed by atoms with Crippen LogP contribution < -0.4 is 10.6 Å². The Morgan fingerprint density at radius 2 is 2.03 bits per heavy atom. The molecule has 0 spiro atoms. The van der Waals surface area contributed by atoms with E-state index >= 15 is 0 Å². The number of hydrogen-bond donors (Lipinski definition) is 2. The molecule has 0 radical (unpaired) electrons. The van der Waals surface area contributed by atoms with Crippen molar-refractivity contribution in [2.75, 3.05) is 18.0 Å². The van der Waals surface area contributed by atoms with Crippen LogP contribution >= 0.6 is 11.6 Å². The highest BCUT2D eigenvalue weighted by Crippen LogP contribution is 2.39. The molecule has 5 rings (SSSR count). The molecule has 0 saturated carbocycles. The second kappa shape index (κ2) is 8.22. The van der Waals surface area contributed by atoms with Gasteiger partial charge in [-0.15, -0.1) is 0 Å². The standard InChI is InChI=1S/C22H24ClFN6O2/c23-17-4-3-13(24)10-15(17)18-2-1-7-28(18)20-6-9-30-21(27-20)16(12-26-30)19-11-14(31)5-8-29(19)22(25)32/h3-4,6,9-10,12,14,18-19,31H,1-2,5,7-8,11H2,(H2,25,32). The van der Waals surface area contributed by atoms with Crippen LogP contribution in [-0.2, 0) is 0 Å². The van der Waals surface area contributed by atoms with Crippen LogP contribution in [0.3, 0.4) is 0 Å². The van der Waals surface area contributed by atoms with E-state index in [9.17, 15) is 14.3 Å². The predicted octanol–water partition coefficient (Wildman–Crippen LogP) is 3.44. The highest BCUT2D eigenvalue weighted by Gasteiger charge is 2.34. The number of aliphatic hydroxyl groups is 1. The fourth-order valence-electron chi connectivity index (χ4n) is 4.91. The number of urea groups is 1. The van der Waals surface area contributed by atoms with Gasteiger partial charge in [0, 0.05) is 29.9 Å². The molecule has 3 N–H and O–H groups in total. The van der Waals surface area contributed by atoms with Crippen LogP contribution in [0.15, 0.2) is 36.7 Å². The summed E-state index contributed by atoms with van der Waals surface area (Å²) in [6.45, 7) is 1.14. The van der Waals surface area contributed by atoms with E-state index in [1.807, 2.05) is 12.3 Å². The van der Waals surface area contributed by atoms with E-state index in [1.54, 1.807) is 21.7 Å². The SMILES string of the molecule is NC(=O)N1CCC(O)CC1c1cnn2ccc(N3CCCC3c3cc(F)ccc3Cl)nc12. The number of carbonyl (C=O) groups is 1. The fraction of sp³-hybridized carbons (Fsp3) is 0.409. The minimum atomic E-state index is -0.530. The summed E-state index contributed by atoms with van der Waals surface area (Å²) in [4.78, 5) is 20.6. The lowest BCUT2D eigenvalue weighted by molar-refractivity contribution is 0.0615. The van der Waals surface area contributed by atoms with Gasteiger partial charge in [-0.3, -0.25) is 0 Å². The van der Waals surface area contributed by atoms with Gasteiger partial charge >= 0.3 is 6.03 Å². The van der Waals surface area contributed by atoms with Gasteiger partial charge in [0.2, 0.25) is 0 Å². The van der Waals surface area contributed by atoms with Crippen LogP contribution in [-0.4, -0.2) is 49.8 Å². The Labute approximate surface area is 189 Å². The number of hydrogen-bond acceptors (Lipinski definition) is 5. The van der Waals surface area contributed by atoms with Crippen LogP contribution in [0.4, 0.5) is 15.0 Å². The Kier molecular flexibility index (Phi) is 5.38. The first kappa shape index (κ1) is 21.0. The lowest BCUT2D eigenvalue weighted by Crippen LogP contribution is -2.45. The number of likely N-dealkylation sites (tertiary alicyclic amines) is 1. The maximum atomic E-state index is 13.9. The quantitative estimate of drug-likeness (QED) is 0.626. The molecule has 3 aromatic rings. The zero-order valence-corrected chi connectivity index (χ0v) is 18.1. The molecule has 2 aliphatic rings. The number of benzene rings is 1. The molecule has 2 fully saturated rings. The van der Waals surface area contributed by atoms with E-state index in [1.165, 1.54) is 12.1 Å². The number of fused-ring (bicyclic) bond motifs is 1. The van der Waals surface area contributed by atoms with Crippen molar-refractivity contribution in [1.29, 1.82) is 0 Å². The monoisotopic (exact) mass is 458 g/mol. The highest BCUT2D eigenvalue weighted by molar-refractivity contribution is 6.31. The molecule has 3 unspecified atom stereocenters. The summed E-state index contributed by atoms with van der Waals surface area (Å²) in [5.41, 5.74) is 7.68. The third kappa shape index (κ3) is 3.65. The van der Waals surface area contributed by atoms with Crippen molar-refractivity contribution in [3.63, 3.8) is 0 Å². The van der Waals surface area contributed by atoms with E-state index in [0.29, 0.717) is 30.1 Å². The number of primary amides is 1. The van der Waals surface area contributed by atoms with Gasteiger partial charge in [0.25, 0.3) is 0 Å².